The van der Waals surface area contributed by atoms with Gasteiger partial charge < -0.3 is 4.90 Å². The molecule has 0 aliphatic heterocycles. The third kappa shape index (κ3) is 4.52. The second kappa shape index (κ2) is 8.27. The quantitative estimate of drug-likeness (QED) is 0.789. The van der Waals surface area contributed by atoms with Crippen LogP contribution in [0.1, 0.15) is 42.7 Å². The molecule has 0 saturated carbocycles. The molecular weight excluding hydrogens is 290 g/mol. The van der Waals surface area contributed by atoms with Gasteiger partial charge >= 0.3 is 0 Å². The van der Waals surface area contributed by atoms with Gasteiger partial charge in [0.05, 0.1) is 6.54 Å². The lowest BCUT2D eigenvalue weighted by Gasteiger charge is -2.21. The summed E-state index contributed by atoms with van der Waals surface area (Å²) in [6.45, 7) is 5.85. The summed E-state index contributed by atoms with van der Waals surface area (Å²) >= 11 is 0. The molecule has 2 rings (SSSR count). The Balaban J connectivity index is 2.25. The van der Waals surface area contributed by atoms with Gasteiger partial charge in [-0.1, -0.05) is 44.2 Å². The van der Waals surface area contributed by atoms with Crippen LogP contribution >= 0.6 is 0 Å². The van der Waals surface area contributed by atoms with Gasteiger partial charge in [0.1, 0.15) is 5.69 Å². The van der Waals surface area contributed by atoms with E-state index in [2.05, 4.69) is 5.10 Å². The number of rotatable bonds is 7. The zero-order valence-corrected chi connectivity index (χ0v) is 13.7. The summed E-state index contributed by atoms with van der Waals surface area (Å²) in [5.74, 6) is -0.115. The predicted octanol–water partition coefficient (Wildman–Crippen LogP) is 2.55. The molecule has 0 unspecified atom stereocenters. The number of carbonyl (C=O) groups is 1. The molecule has 0 radical (unpaired) electrons. The van der Waals surface area contributed by atoms with E-state index in [0.29, 0.717) is 25.3 Å². The molecule has 1 aromatic heterocycles. The molecule has 0 spiro atoms. The maximum Gasteiger partial charge on any atom is 0.274 e. The summed E-state index contributed by atoms with van der Waals surface area (Å²) < 4.78 is 1.35. The standard InChI is InChI=1S/C18H23N3O2/c1-3-12-20(13-4-2)18(23)16-10-11-17(22)21(19-16)14-15-8-6-5-7-9-15/h5-11H,3-4,12-14H2,1-2H3. The lowest BCUT2D eigenvalue weighted by atomic mass is 10.2. The van der Waals surface area contributed by atoms with E-state index in [-0.39, 0.29) is 11.5 Å². The van der Waals surface area contributed by atoms with E-state index in [4.69, 9.17) is 0 Å². The zero-order chi connectivity index (χ0) is 16.7. The van der Waals surface area contributed by atoms with Crippen molar-refractivity contribution in [3.8, 4) is 0 Å². The number of carbonyl (C=O) groups excluding carboxylic acids is 1. The molecule has 0 bridgehead atoms. The summed E-state index contributed by atoms with van der Waals surface area (Å²) in [5, 5.41) is 4.27. The highest BCUT2D eigenvalue weighted by Gasteiger charge is 2.16. The molecule has 0 saturated heterocycles. The SMILES string of the molecule is CCCN(CCC)C(=O)c1ccc(=O)n(Cc2ccccc2)n1. The molecule has 0 aliphatic rings. The summed E-state index contributed by atoms with van der Waals surface area (Å²) in [5.41, 5.74) is 1.09. The van der Waals surface area contributed by atoms with Gasteiger partial charge in [0.2, 0.25) is 0 Å². The van der Waals surface area contributed by atoms with E-state index in [1.807, 2.05) is 44.2 Å². The van der Waals surface area contributed by atoms with E-state index < -0.39 is 0 Å². The van der Waals surface area contributed by atoms with Crippen LogP contribution in [0.3, 0.4) is 0 Å². The van der Waals surface area contributed by atoms with Gasteiger partial charge in [0, 0.05) is 19.2 Å². The van der Waals surface area contributed by atoms with Crippen LogP contribution in [0.25, 0.3) is 0 Å². The van der Waals surface area contributed by atoms with Gasteiger partial charge in [-0.05, 0) is 24.5 Å². The summed E-state index contributed by atoms with van der Waals surface area (Å²) in [6, 6.07) is 12.6. The van der Waals surface area contributed by atoms with E-state index in [1.165, 1.54) is 16.8 Å². The fraction of sp³-hybridized carbons (Fsp3) is 0.389. The number of amides is 1. The maximum absolute atomic E-state index is 12.6. The van der Waals surface area contributed by atoms with Crippen LogP contribution in [-0.4, -0.2) is 33.7 Å². The van der Waals surface area contributed by atoms with Crippen LogP contribution in [0, 0.1) is 0 Å². The van der Waals surface area contributed by atoms with Crippen LogP contribution in [0.15, 0.2) is 47.3 Å². The minimum atomic E-state index is -0.206. The number of aromatic nitrogens is 2. The first kappa shape index (κ1) is 16.9. The molecule has 0 aliphatic carbocycles. The molecule has 1 heterocycles. The number of hydrogen-bond donors (Lipinski definition) is 0. The molecule has 23 heavy (non-hydrogen) atoms. The highest BCUT2D eigenvalue weighted by atomic mass is 16.2. The normalized spacial score (nSPS) is 10.5. The lowest BCUT2D eigenvalue weighted by Crippen LogP contribution is -2.35. The average Bonchev–Trinajstić information content (AvgIpc) is 2.57. The summed E-state index contributed by atoms with van der Waals surface area (Å²) in [6.07, 6.45) is 1.80. The molecule has 5 nitrogen and oxygen atoms in total. The Morgan fingerprint density at radius 2 is 1.70 bits per heavy atom. The van der Waals surface area contributed by atoms with Crippen molar-refractivity contribution >= 4 is 5.91 Å². The van der Waals surface area contributed by atoms with Crippen molar-refractivity contribution in [2.45, 2.75) is 33.2 Å². The summed E-state index contributed by atoms with van der Waals surface area (Å²) in [4.78, 5) is 26.4. The monoisotopic (exact) mass is 313 g/mol. The van der Waals surface area contributed by atoms with Gasteiger partial charge in [0.15, 0.2) is 0 Å². The van der Waals surface area contributed by atoms with Crippen molar-refractivity contribution in [3.05, 3.63) is 64.1 Å². The molecule has 1 aromatic carbocycles. The molecular formula is C18H23N3O2. The van der Waals surface area contributed by atoms with Crippen LogP contribution in [0.2, 0.25) is 0 Å². The van der Waals surface area contributed by atoms with Gasteiger partial charge in [-0.2, -0.15) is 5.10 Å². The highest BCUT2D eigenvalue weighted by molar-refractivity contribution is 5.92. The maximum atomic E-state index is 12.6. The first-order valence-electron chi connectivity index (χ1n) is 8.07. The van der Waals surface area contributed by atoms with Crippen LogP contribution in [0.5, 0.6) is 0 Å². The second-order valence-corrected chi connectivity index (χ2v) is 5.49. The summed E-state index contributed by atoms with van der Waals surface area (Å²) in [7, 11) is 0. The molecule has 1 amide bonds. The Hall–Kier alpha value is -2.43. The van der Waals surface area contributed by atoms with E-state index in [9.17, 15) is 9.59 Å². The first-order valence-corrected chi connectivity index (χ1v) is 8.07. The van der Waals surface area contributed by atoms with Crippen molar-refractivity contribution in [3.63, 3.8) is 0 Å². The van der Waals surface area contributed by atoms with Crippen molar-refractivity contribution in [1.82, 2.24) is 14.7 Å². The Morgan fingerprint density at radius 1 is 1.04 bits per heavy atom. The fourth-order valence-electron chi connectivity index (χ4n) is 2.45. The van der Waals surface area contributed by atoms with Gasteiger partial charge in [0.25, 0.3) is 11.5 Å². The smallest absolute Gasteiger partial charge is 0.274 e. The van der Waals surface area contributed by atoms with Crippen molar-refractivity contribution in [1.29, 1.82) is 0 Å². The topological polar surface area (TPSA) is 55.2 Å². The van der Waals surface area contributed by atoms with E-state index >= 15 is 0 Å². The Bertz CT molecular complexity index is 689. The Labute approximate surface area is 136 Å². The third-order valence-electron chi connectivity index (χ3n) is 3.54. The van der Waals surface area contributed by atoms with Crippen molar-refractivity contribution in [2.75, 3.05) is 13.1 Å². The number of nitrogens with zero attached hydrogens (tertiary/aromatic N) is 3. The van der Waals surface area contributed by atoms with Crippen LogP contribution in [-0.2, 0) is 6.54 Å². The Kier molecular flexibility index (Phi) is 6.09. The van der Waals surface area contributed by atoms with Crippen LogP contribution < -0.4 is 5.56 Å². The third-order valence-corrected chi connectivity index (χ3v) is 3.54. The Morgan fingerprint density at radius 3 is 2.30 bits per heavy atom. The van der Waals surface area contributed by atoms with Crippen LogP contribution in [0.4, 0.5) is 0 Å². The molecule has 122 valence electrons. The van der Waals surface area contributed by atoms with E-state index in [0.717, 1.165) is 18.4 Å². The minimum absolute atomic E-state index is 0.115. The lowest BCUT2D eigenvalue weighted by molar-refractivity contribution is 0.0747. The highest BCUT2D eigenvalue weighted by Crippen LogP contribution is 2.04. The van der Waals surface area contributed by atoms with Gasteiger partial charge in [-0.15, -0.1) is 0 Å². The number of hydrogen-bond acceptors (Lipinski definition) is 3. The van der Waals surface area contributed by atoms with Crippen molar-refractivity contribution < 1.29 is 4.79 Å². The molecule has 5 heteroatoms. The zero-order valence-electron chi connectivity index (χ0n) is 13.7. The fourth-order valence-corrected chi connectivity index (χ4v) is 2.45. The molecule has 0 atom stereocenters. The van der Waals surface area contributed by atoms with Crippen molar-refractivity contribution in [2.24, 2.45) is 0 Å². The second-order valence-electron chi connectivity index (χ2n) is 5.49. The molecule has 0 N–H and O–H groups in total. The average molecular weight is 313 g/mol. The largest absolute Gasteiger partial charge is 0.337 e. The first-order chi connectivity index (χ1) is 11.2. The number of benzene rings is 1. The van der Waals surface area contributed by atoms with Gasteiger partial charge in [-0.25, -0.2) is 4.68 Å². The predicted molar refractivity (Wildman–Crippen MR) is 90.5 cm³/mol. The molecule has 2 aromatic rings. The van der Waals surface area contributed by atoms with Gasteiger partial charge in [-0.3, -0.25) is 9.59 Å². The van der Waals surface area contributed by atoms with E-state index in [1.54, 1.807) is 4.90 Å². The minimum Gasteiger partial charge on any atom is -0.337 e. The molecule has 0 fully saturated rings.